The van der Waals surface area contributed by atoms with Crippen molar-refractivity contribution in [2.45, 2.75) is 38.4 Å². The molecule has 3 rings (SSSR count). The third kappa shape index (κ3) is 7.21. The van der Waals surface area contributed by atoms with Crippen molar-refractivity contribution in [2.24, 2.45) is 0 Å². The second kappa shape index (κ2) is 10.7. The Hall–Kier alpha value is -3.08. The first-order chi connectivity index (χ1) is 15.6. The third-order valence-corrected chi connectivity index (χ3v) is 5.14. The standard InChI is InChI=1S/C21H23ClF3N5O3/c1-2-18(31)29-17-8-13(5-6-26-17)20(32)28-14-4-3-7-30(11-14)19-16(22)9-15(10-27-19)33-12-21(23,24)25/h5-6,8-10,14H,2-4,7,11-12H2,1H3,(H,28,32)(H,26,29,31)/t14-/m1/s1. The maximum atomic E-state index is 12.7. The minimum Gasteiger partial charge on any atom is -0.482 e. The van der Waals surface area contributed by atoms with Gasteiger partial charge in [0.15, 0.2) is 6.61 Å². The number of amides is 2. The highest BCUT2D eigenvalue weighted by atomic mass is 35.5. The third-order valence-electron chi connectivity index (χ3n) is 4.87. The van der Waals surface area contributed by atoms with Crippen molar-refractivity contribution in [3.63, 3.8) is 0 Å². The van der Waals surface area contributed by atoms with Crippen molar-refractivity contribution in [1.82, 2.24) is 15.3 Å². The maximum absolute atomic E-state index is 12.7. The lowest BCUT2D eigenvalue weighted by molar-refractivity contribution is -0.153. The van der Waals surface area contributed by atoms with Gasteiger partial charge in [0.1, 0.15) is 17.4 Å². The van der Waals surface area contributed by atoms with E-state index in [-0.39, 0.29) is 28.6 Å². The van der Waals surface area contributed by atoms with E-state index < -0.39 is 12.8 Å². The topological polar surface area (TPSA) is 96.5 Å². The summed E-state index contributed by atoms with van der Waals surface area (Å²) in [5, 5.41) is 5.73. The Morgan fingerprint density at radius 2 is 2.09 bits per heavy atom. The van der Waals surface area contributed by atoms with Crippen LogP contribution >= 0.6 is 11.6 Å². The van der Waals surface area contributed by atoms with E-state index >= 15 is 0 Å². The normalized spacial score (nSPS) is 16.3. The molecule has 178 valence electrons. The SMILES string of the molecule is CCC(=O)Nc1cc(C(=O)N[C@@H]2CCCN(c3ncc(OCC(F)(F)F)cc3Cl)C2)ccn1. The van der Waals surface area contributed by atoms with Gasteiger partial charge in [-0.3, -0.25) is 9.59 Å². The number of aromatic nitrogens is 2. The monoisotopic (exact) mass is 485 g/mol. The first-order valence-corrected chi connectivity index (χ1v) is 10.7. The van der Waals surface area contributed by atoms with E-state index in [1.807, 2.05) is 4.90 Å². The summed E-state index contributed by atoms with van der Waals surface area (Å²) in [7, 11) is 0. The first-order valence-electron chi connectivity index (χ1n) is 10.3. The fourth-order valence-electron chi connectivity index (χ4n) is 3.32. The Kier molecular flexibility index (Phi) is 7.96. The quantitative estimate of drug-likeness (QED) is 0.619. The molecule has 1 fully saturated rings. The van der Waals surface area contributed by atoms with Crippen LogP contribution in [0.1, 0.15) is 36.5 Å². The summed E-state index contributed by atoms with van der Waals surface area (Å²) in [5.74, 6) is 0.104. The number of ether oxygens (including phenoxy) is 1. The predicted octanol–water partition coefficient (Wildman–Crippen LogP) is 3.82. The van der Waals surface area contributed by atoms with E-state index in [9.17, 15) is 22.8 Å². The molecule has 0 spiro atoms. The first kappa shape index (κ1) is 24.6. The van der Waals surface area contributed by atoms with Crippen molar-refractivity contribution >= 4 is 35.1 Å². The predicted molar refractivity (Wildman–Crippen MR) is 117 cm³/mol. The molecule has 2 N–H and O–H groups in total. The second-order valence-corrected chi connectivity index (χ2v) is 7.88. The Morgan fingerprint density at radius 3 is 2.79 bits per heavy atom. The van der Waals surface area contributed by atoms with Crippen LogP contribution in [0.15, 0.2) is 30.6 Å². The van der Waals surface area contributed by atoms with Gasteiger partial charge in [0, 0.05) is 43.4 Å². The van der Waals surface area contributed by atoms with E-state index in [4.69, 9.17) is 11.6 Å². The summed E-state index contributed by atoms with van der Waals surface area (Å²) in [6.07, 6.45) is -0.0407. The van der Waals surface area contributed by atoms with Gasteiger partial charge in [0.2, 0.25) is 5.91 Å². The minimum absolute atomic E-state index is 0.0772. The Bertz CT molecular complexity index is 1010. The highest BCUT2D eigenvalue weighted by Crippen LogP contribution is 2.30. The molecule has 0 aromatic carbocycles. The number of carbonyl (C=O) groups is 2. The molecule has 12 heteroatoms. The van der Waals surface area contributed by atoms with Crippen LogP contribution in [0, 0.1) is 0 Å². The number of halogens is 4. The molecule has 2 aromatic rings. The minimum atomic E-state index is -4.46. The molecule has 2 aromatic heterocycles. The fraction of sp³-hybridized carbons (Fsp3) is 0.429. The van der Waals surface area contributed by atoms with Crippen LogP contribution in [0.2, 0.25) is 5.02 Å². The zero-order chi connectivity index (χ0) is 24.0. The van der Waals surface area contributed by atoms with Gasteiger partial charge in [-0.05, 0) is 25.0 Å². The molecule has 0 unspecified atom stereocenters. The molecule has 0 radical (unpaired) electrons. The van der Waals surface area contributed by atoms with E-state index in [1.165, 1.54) is 24.5 Å². The molecule has 1 atom stereocenters. The van der Waals surface area contributed by atoms with Crippen LogP contribution in [0.3, 0.4) is 0 Å². The van der Waals surface area contributed by atoms with Crippen molar-refractivity contribution in [3.8, 4) is 5.75 Å². The van der Waals surface area contributed by atoms with Gasteiger partial charge in [-0.1, -0.05) is 18.5 Å². The number of piperidine rings is 1. The van der Waals surface area contributed by atoms with Crippen molar-refractivity contribution in [2.75, 3.05) is 29.9 Å². The van der Waals surface area contributed by atoms with Crippen molar-refractivity contribution in [1.29, 1.82) is 0 Å². The van der Waals surface area contributed by atoms with Gasteiger partial charge in [0.25, 0.3) is 5.91 Å². The van der Waals surface area contributed by atoms with E-state index in [1.54, 1.807) is 13.0 Å². The highest BCUT2D eigenvalue weighted by molar-refractivity contribution is 6.33. The van der Waals surface area contributed by atoms with Crippen molar-refractivity contribution in [3.05, 3.63) is 41.2 Å². The number of pyridine rings is 2. The van der Waals surface area contributed by atoms with E-state index in [0.717, 1.165) is 12.8 Å². The maximum Gasteiger partial charge on any atom is 0.422 e. The molecule has 8 nitrogen and oxygen atoms in total. The number of rotatable bonds is 7. The van der Waals surface area contributed by atoms with Gasteiger partial charge >= 0.3 is 6.18 Å². The molecule has 1 saturated heterocycles. The zero-order valence-electron chi connectivity index (χ0n) is 17.8. The number of carbonyl (C=O) groups excluding carboxylic acids is 2. The number of nitrogens with zero attached hydrogens (tertiary/aromatic N) is 3. The van der Waals surface area contributed by atoms with Crippen LogP contribution in [-0.2, 0) is 4.79 Å². The van der Waals surface area contributed by atoms with Gasteiger partial charge in [0.05, 0.1) is 11.2 Å². The molecule has 0 aliphatic carbocycles. The molecular weight excluding hydrogens is 463 g/mol. The molecular formula is C21H23ClF3N5O3. The van der Waals surface area contributed by atoms with Crippen LogP contribution in [0.5, 0.6) is 5.75 Å². The summed E-state index contributed by atoms with van der Waals surface area (Å²) in [4.78, 5) is 34.3. The number of anilines is 2. The molecule has 2 amide bonds. The smallest absolute Gasteiger partial charge is 0.422 e. The largest absolute Gasteiger partial charge is 0.482 e. The summed E-state index contributed by atoms with van der Waals surface area (Å²) in [5.41, 5.74) is 0.357. The summed E-state index contributed by atoms with van der Waals surface area (Å²) in [6, 6.07) is 4.14. The molecule has 33 heavy (non-hydrogen) atoms. The fourth-order valence-corrected chi connectivity index (χ4v) is 3.59. The van der Waals surface area contributed by atoms with Crippen LogP contribution < -0.4 is 20.3 Å². The number of nitrogens with one attached hydrogen (secondary N) is 2. The van der Waals surface area contributed by atoms with Crippen molar-refractivity contribution < 1.29 is 27.5 Å². The van der Waals surface area contributed by atoms with Gasteiger partial charge < -0.3 is 20.3 Å². The average Bonchev–Trinajstić information content (AvgIpc) is 2.77. The molecule has 0 bridgehead atoms. The Labute approximate surface area is 193 Å². The second-order valence-electron chi connectivity index (χ2n) is 7.47. The molecule has 1 aliphatic heterocycles. The van der Waals surface area contributed by atoms with E-state index in [0.29, 0.717) is 36.7 Å². The molecule has 0 saturated carbocycles. The lowest BCUT2D eigenvalue weighted by Crippen LogP contribution is -2.48. The highest BCUT2D eigenvalue weighted by Gasteiger charge is 2.29. The van der Waals surface area contributed by atoms with E-state index in [2.05, 4.69) is 25.3 Å². The van der Waals surface area contributed by atoms with Gasteiger partial charge in [-0.2, -0.15) is 13.2 Å². The summed E-state index contributed by atoms with van der Waals surface area (Å²) >= 11 is 6.24. The summed E-state index contributed by atoms with van der Waals surface area (Å²) < 4.78 is 41.7. The Balaban J connectivity index is 1.62. The van der Waals surface area contributed by atoms with Gasteiger partial charge in [-0.15, -0.1) is 0 Å². The van der Waals surface area contributed by atoms with Crippen LogP contribution in [0.4, 0.5) is 24.8 Å². The summed E-state index contributed by atoms with van der Waals surface area (Å²) in [6.45, 7) is 1.34. The number of hydrogen-bond acceptors (Lipinski definition) is 6. The molecule has 1 aliphatic rings. The Morgan fingerprint density at radius 1 is 1.30 bits per heavy atom. The number of alkyl halides is 3. The van der Waals surface area contributed by atoms with Crippen LogP contribution in [-0.4, -0.2) is 53.7 Å². The van der Waals surface area contributed by atoms with Gasteiger partial charge in [-0.25, -0.2) is 9.97 Å². The zero-order valence-corrected chi connectivity index (χ0v) is 18.5. The lowest BCUT2D eigenvalue weighted by Gasteiger charge is -2.34. The number of hydrogen-bond donors (Lipinski definition) is 2. The average molecular weight is 486 g/mol. The molecule has 3 heterocycles. The lowest BCUT2D eigenvalue weighted by atomic mass is 10.0. The van der Waals surface area contributed by atoms with Crippen LogP contribution in [0.25, 0.3) is 0 Å².